The SMILES string of the molecule is CC(c1cc2ncc(Oc3ccc(F)cc3F)cc2cn1)N1CCCC1c1ccccc1. The van der Waals surface area contributed by atoms with Crippen LogP contribution in [0.4, 0.5) is 8.78 Å². The Labute approximate surface area is 185 Å². The summed E-state index contributed by atoms with van der Waals surface area (Å²) in [5, 5.41) is 0.794. The lowest BCUT2D eigenvalue weighted by molar-refractivity contribution is 0.191. The van der Waals surface area contributed by atoms with Crippen molar-refractivity contribution in [2.75, 3.05) is 6.54 Å². The lowest BCUT2D eigenvalue weighted by Crippen LogP contribution is -2.27. The van der Waals surface area contributed by atoms with Crippen LogP contribution in [-0.2, 0) is 0 Å². The Balaban J connectivity index is 1.38. The molecule has 2 aromatic heterocycles. The summed E-state index contributed by atoms with van der Waals surface area (Å²) >= 11 is 0. The third-order valence-electron chi connectivity index (χ3n) is 6.09. The fraction of sp³-hybridized carbons (Fsp3) is 0.231. The van der Waals surface area contributed by atoms with Crippen molar-refractivity contribution in [3.05, 3.63) is 95.9 Å². The number of hydrogen-bond donors (Lipinski definition) is 0. The lowest BCUT2D eigenvalue weighted by atomic mass is 10.0. The second-order valence-corrected chi connectivity index (χ2v) is 8.13. The molecule has 0 spiro atoms. The van der Waals surface area contributed by atoms with Crippen LogP contribution in [0, 0.1) is 11.6 Å². The van der Waals surface area contributed by atoms with E-state index in [4.69, 9.17) is 9.72 Å². The molecule has 2 unspecified atom stereocenters. The van der Waals surface area contributed by atoms with Crippen LogP contribution >= 0.6 is 0 Å². The molecule has 0 radical (unpaired) electrons. The van der Waals surface area contributed by atoms with Crippen molar-refractivity contribution in [2.45, 2.75) is 31.8 Å². The summed E-state index contributed by atoms with van der Waals surface area (Å²) in [6.45, 7) is 3.22. The molecule has 1 aliphatic rings. The Morgan fingerprint density at radius 2 is 1.84 bits per heavy atom. The standard InChI is InChI=1S/C26H23F2N3O/c1-17(31-11-5-8-25(31)18-6-3-2-4-7-18)23-14-24-19(15-29-23)12-21(16-30-24)32-26-10-9-20(27)13-22(26)28/h2-4,6-7,9-10,12-17,25H,5,8,11H2,1H3. The largest absolute Gasteiger partial charge is 0.453 e. The minimum absolute atomic E-state index is 0.0493. The molecule has 2 atom stereocenters. The molecule has 4 aromatic rings. The maximum atomic E-state index is 13.9. The van der Waals surface area contributed by atoms with Crippen molar-refractivity contribution in [3.8, 4) is 11.5 Å². The highest BCUT2D eigenvalue weighted by atomic mass is 19.1. The number of aromatic nitrogens is 2. The van der Waals surface area contributed by atoms with Gasteiger partial charge in [0.1, 0.15) is 11.6 Å². The number of fused-ring (bicyclic) bond motifs is 1. The van der Waals surface area contributed by atoms with Gasteiger partial charge in [-0.25, -0.2) is 8.78 Å². The molecule has 162 valence electrons. The van der Waals surface area contributed by atoms with E-state index >= 15 is 0 Å². The number of rotatable bonds is 5. The highest BCUT2D eigenvalue weighted by Crippen LogP contribution is 2.38. The van der Waals surface area contributed by atoms with Crippen LogP contribution in [0.15, 0.2) is 73.1 Å². The summed E-state index contributed by atoms with van der Waals surface area (Å²) in [6, 6.07) is 18.1. The zero-order valence-corrected chi connectivity index (χ0v) is 17.7. The third kappa shape index (κ3) is 4.06. The maximum Gasteiger partial charge on any atom is 0.168 e. The van der Waals surface area contributed by atoms with Crippen molar-refractivity contribution in [1.29, 1.82) is 0 Å². The number of halogens is 2. The predicted octanol–water partition coefficient (Wildman–Crippen LogP) is 6.60. The number of likely N-dealkylation sites (tertiary alicyclic amines) is 1. The van der Waals surface area contributed by atoms with Crippen LogP contribution in [0.25, 0.3) is 10.9 Å². The molecule has 1 aliphatic heterocycles. The molecule has 6 heteroatoms. The average molecular weight is 431 g/mol. The molecule has 2 aromatic carbocycles. The normalized spacial score (nSPS) is 17.5. The predicted molar refractivity (Wildman–Crippen MR) is 120 cm³/mol. The molecule has 0 N–H and O–H groups in total. The van der Waals surface area contributed by atoms with E-state index in [1.165, 1.54) is 11.6 Å². The van der Waals surface area contributed by atoms with Gasteiger partial charge in [0.15, 0.2) is 11.6 Å². The Bertz CT molecular complexity index is 1250. The summed E-state index contributed by atoms with van der Waals surface area (Å²) in [5.74, 6) is -1.09. The number of ether oxygens (including phenoxy) is 1. The first-order valence-electron chi connectivity index (χ1n) is 10.8. The van der Waals surface area contributed by atoms with Crippen LogP contribution in [0.5, 0.6) is 11.5 Å². The Hall–Kier alpha value is -3.38. The third-order valence-corrected chi connectivity index (χ3v) is 6.09. The van der Waals surface area contributed by atoms with E-state index in [1.54, 1.807) is 18.5 Å². The number of hydrogen-bond acceptors (Lipinski definition) is 4. The van der Waals surface area contributed by atoms with Crippen LogP contribution in [-0.4, -0.2) is 21.4 Å². The van der Waals surface area contributed by atoms with E-state index in [-0.39, 0.29) is 11.8 Å². The zero-order valence-electron chi connectivity index (χ0n) is 17.7. The second kappa shape index (κ2) is 8.63. The second-order valence-electron chi connectivity index (χ2n) is 8.13. The van der Waals surface area contributed by atoms with Crippen molar-refractivity contribution in [2.24, 2.45) is 0 Å². The van der Waals surface area contributed by atoms with E-state index in [9.17, 15) is 8.78 Å². The average Bonchev–Trinajstić information content (AvgIpc) is 3.31. The summed E-state index contributed by atoms with van der Waals surface area (Å²) in [7, 11) is 0. The Kier molecular flexibility index (Phi) is 5.53. The molecule has 0 saturated carbocycles. The number of pyridine rings is 2. The topological polar surface area (TPSA) is 38.3 Å². The van der Waals surface area contributed by atoms with Crippen molar-refractivity contribution < 1.29 is 13.5 Å². The summed E-state index contributed by atoms with van der Waals surface area (Å²) < 4.78 is 32.6. The van der Waals surface area contributed by atoms with Gasteiger partial charge in [-0.05, 0) is 56.1 Å². The van der Waals surface area contributed by atoms with E-state index < -0.39 is 11.6 Å². The minimum atomic E-state index is -0.758. The van der Waals surface area contributed by atoms with Gasteiger partial charge in [0.2, 0.25) is 0 Å². The summed E-state index contributed by atoms with van der Waals surface area (Å²) in [6.07, 6.45) is 5.62. The van der Waals surface area contributed by atoms with Crippen molar-refractivity contribution >= 4 is 10.9 Å². The van der Waals surface area contributed by atoms with Gasteiger partial charge in [-0.3, -0.25) is 14.9 Å². The molecule has 0 amide bonds. The molecular formula is C26H23F2N3O. The van der Waals surface area contributed by atoms with E-state index in [2.05, 4.69) is 41.1 Å². The highest BCUT2D eigenvalue weighted by molar-refractivity contribution is 5.79. The smallest absolute Gasteiger partial charge is 0.168 e. The molecule has 5 rings (SSSR count). The molecule has 0 bridgehead atoms. The van der Waals surface area contributed by atoms with Gasteiger partial charge in [0.05, 0.1) is 17.4 Å². The Morgan fingerprint density at radius 3 is 2.66 bits per heavy atom. The molecular weight excluding hydrogens is 408 g/mol. The molecule has 4 nitrogen and oxygen atoms in total. The lowest BCUT2D eigenvalue weighted by Gasteiger charge is -2.30. The van der Waals surface area contributed by atoms with E-state index in [0.717, 1.165) is 48.1 Å². The van der Waals surface area contributed by atoms with Gasteiger partial charge < -0.3 is 4.74 Å². The number of benzene rings is 2. The van der Waals surface area contributed by atoms with E-state index in [0.29, 0.717) is 11.8 Å². The fourth-order valence-electron chi connectivity index (χ4n) is 4.44. The summed E-state index contributed by atoms with van der Waals surface area (Å²) in [5.41, 5.74) is 3.10. The van der Waals surface area contributed by atoms with Gasteiger partial charge in [-0.15, -0.1) is 0 Å². The molecule has 1 saturated heterocycles. The van der Waals surface area contributed by atoms with Crippen LogP contribution in [0.2, 0.25) is 0 Å². The minimum Gasteiger partial charge on any atom is -0.453 e. The fourth-order valence-corrected chi connectivity index (χ4v) is 4.44. The van der Waals surface area contributed by atoms with E-state index in [1.807, 2.05) is 12.1 Å². The molecule has 3 heterocycles. The first kappa shape index (κ1) is 20.5. The quantitative estimate of drug-likeness (QED) is 0.357. The molecule has 0 aliphatic carbocycles. The van der Waals surface area contributed by atoms with Gasteiger partial charge in [-0.2, -0.15) is 0 Å². The molecule has 1 fully saturated rings. The van der Waals surface area contributed by atoms with Gasteiger partial charge in [-0.1, -0.05) is 30.3 Å². The van der Waals surface area contributed by atoms with Gasteiger partial charge >= 0.3 is 0 Å². The van der Waals surface area contributed by atoms with Gasteiger partial charge in [0.25, 0.3) is 0 Å². The monoisotopic (exact) mass is 431 g/mol. The van der Waals surface area contributed by atoms with Crippen molar-refractivity contribution in [3.63, 3.8) is 0 Å². The maximum absolute atomic E-state index is 13.9. The van der Waals surface area contributed by atoms with Crippen molar-refractivity contribution in [1.82, 2.24) is 14.9 Å². The Morgan fingerprint density at radius 1 is 1.00 bits per heavy atom. The van der Waals surface area contributed by atoms with Crippen LogP contribution in [0.3, 0.4) is 0 Å². The molecule has 32 heavy (non-hydrogen) atoms. The first-order valence-corrected chi connectivity index (χ1v) is 10.8. The zero-order chi connectivity index (χ0) is 22.1. The number of nitrogens with zero attached hydrogens (tertiary/aromatic N) is 3. The van der Waals surface area contributed by atoms with Crippen LogP contribution in [0.1, 0.15) is 43.1 Å². The first-order chi connectivity index (χ1) is 15.6. The van der Waals surface area contributed by atoms with Gasteiger partial charge in [0, 0.05) is 29.7 Å². The summed E-state index contributed by atoms with van der Waals surface area (Å²) in [4.78, 5) is 11.7. The van der Waals surface area contributed by atoms with Crippen LogP contribution < -0.4 is 4.74 Å². The highest BCUT2D eigenvalue weighted by Gasteiger charge is 2.30.